The zero-order valence-corrected chi connectivity index (χ0v) is 10.3. The van der Waals surface area contributed by atoms with Crippen molar-refractivity contribution in [1.82, 2.24) is 9.88 Å². The molecule has 2 saturated heterocycles. The maximum absolute atomic E-state index is 10.9. The van der Waals surface area contributed by atoms with E-state index in [9.17, 15) is 5.11 Å². The van der Waals surface area contributed by atoms with Gasteiger partial charge in [0.2, 0.25) is 0 Å². The topological polar surface area (TPSA) is 36.4 Å². The molecule has 2 aliphatic heterocycles. The summed E-state index contributed by atoms with van der Waals surface area (Å²) >= 11 is 0. The van der Waals surface area contributed by atoms with Crippen molar-refractivity contribution in [3.05, 3.63) is 30.1 Å². The van der Waals surface area contributed by atoms with Gasteiger partial charge in [-0.2, -0.15) is 0 Å². The van der Waals surface area contributed by atoms with Crippen molar-refractivity contribution >= 4 is 0 Å². The molecule has 2 fully saturated rings. The summed E-state index contributed by atoms with van der Waals surface area (Å²) in [5.74, 6) is 0. The Morgan fingerprint density at radius 3 is 2.65 bits per heavy atom. The van der Waals surface area contributed by atoms with Gasteiger partial charge in [0.25, 0.3) is 0 Å². The quantitative estimate of drug-likeness (QED) is 0.803. The van der Waals surface area contributed by atoms with Crippen LogP contribution in [0, 0.1) is 0 Å². The van der Waals surface area contributed by atoms with Crippen molar-refractivity contribution in [2.45, 2.75) is 49.8 Å². The van der Waals surface area contributed by atoms with Gasteiger partial charge in [-0.3, -0.25) is 4.98 Å². The monoisotopic (exact) mass is 232 g/mol. The van der Waals surface area contributed by atoms with E-state index in [0.717, 1.165) is 18.4 Å². The van der Waals surface area contributed by atoms with Crippen molar-refractivity contribution in [2.75, 3.05) is 7.05 Å². The third-order valence-corrected chi connectivity index (χ3v) is 4.57. The molecule has 92 valence electrons. The first-order valence-corrected chi connectivity index (χ1v) is 6.54. The molecule has 2 aliphatic rings. The molecule has 3 heterocycles. The van der Waals surface area contributed by atoms with E-state index in [-0.39, 0.29) is 0 Å². The Morgan fingerprint density at radius 2 is 2.06 bits per heavy atom. The first-order chi connectivity index (χ1) is 8.19. The molecule has 0 radical (unpaired) electrons. The number of hydrogen-bond donors (Lipinski definition) is 1. The van der Waals surface area contributed by atoms with Crippen LogP contribution in [0.15, 0.2) is 24.5 Å². The molecule has 3 heteroatoms. The number of rotatable bonds is 1. The van der Waals surface area contributed by atoms with E-state index < -0.39 is 5.60 Å². The molecule has 1 N–H and O–H groups in total. The summed E-state index contributed by atoms with van der Waals surface area (Å²) < 4.78 is 0. The Balaban J connectivity index is 1.90. The number of hydrogen-bond acceptors (Lipinski definition) is 3. The fourth-order valence-corrected chi connectivity index (χ4v) is 3.52. The van der Waals surface area contributed by atoms with E-state index in [1.54, 1.807) is 6.20 Å². The minimum atomic E-state index is -0.656. The first-order valence-electron chi connectivity index (χ1n) is 6.54. The molecule has 0 aromatic carbocycles. The van der Waals surface area contributed by atoms with E-state index >= 15 is 0 Å². The van der Waals surface area contributed by atoms with E-state index in [4.69, 9.17) is 0 Å². The van der Waals surface area contributed by atoms with Crippen LogP contribution in [0.2, 0.25) is 0 Å². The van der Waals surface area contributed by atoms with Crippen molar-refractivity contribution in [1.29, 1.82) is 0 Å². The standard InChI is InChI=1S/C14H20N2O/c1-16-12-5-2-6-13(16)9-14(17,8-12)11-4-3-7-15-10-11/h3-4,7,10,12-13,17H,2,5-6,8-9H2,1H3/t12-,13+,14-. The minimum Gasteiger partial charge on any atom is -0.385 e. The van der Waals surface area contributed by atoms with Crippen LogP contribution < -0.4 is 0 Å². The maximum Gasteiger partial charge on any atom is 0.0941 e. The van der Waals surface area contributed by atoms with Crippen molar-refractivity contribution in [3.8, 4) is 0 Å². The number of aliphatic hydroxyl groups is 1. The largest absolute Gasteiger partial charge is 0.385 e. The molecule has 1 aromatic heterocycles. The lowest BCUT2D eigenvalue weighted by atomic mass is 9.73. The second kappa shape index (κ2) is 4.07. The fourth-order valence-electron chi connectivity index (χ4n) is 3.52. The second-order valence-corrected chi connectivity index (χ2v) is 5.59. The van der Waals surface area contributed by atoms with Crippen molar-refractivity contribution in [2.24, 2.45) is 0 Å². The smallest absolute Gasteiger partial charge is 0.0941 e. The van der Waals surface area contributed by atoms with Gasteiger partial charge >= 0.3 is 0 Å². The summed E-state index contributed by atoms with van der Waals surface area (Å²) in [5, 5.41) is 10.9. The van der Waals surface area contributed by atoms with Crippen LogP contribution in [-0.2, 0) is 5.60 Å². The van der Waals surface area contributed by atoms with Gasteiger partial charge in [-0.25, -0.2) is 0 Å². The molecule has 2 bridgehead atoms. The number of nitrogens with zero attached hydrogens (tertiary/aromatic N) is 2. The molecule has 17 heavy (non-hydrogen) atoms. The molecule has 3 atom stereocenters. The van der Waals surface area contributed by atoms with Crippen LogP contribution >= 0.6 is 0 Å². The molecular weight excluding hydrogens is 212 g/mol. The van der Waals surface area contributed by atoms with Crippen molar-refractivity contribution in [3.63, 3.8) is 0 Å². The second-order valence-electron chi connectivity index (χ2n) is 5.59. The predicted molar refractivity (Wildman–Crippen MR) is 66.6 cm³/mol. The summed E-state index contributed by atoms with van der Waals surface area (Å²) in [6, 6.07) is 5.00. The van der Waals surface area contributed by atoms with Gasteiger partial charge in [-0.05, 0) is 38.8 Å². The van der Waals surface area contributed by atoms with Crippen LogP contribution in [0.3, 0.4) is 0 Å². The SMILES string of the molecule is CN1[C@@H]2CCC[C@H]1C[C@@](O)(c1cccnc1)C2. The highest BCUT2D eigenvalue weighted by Crippen LogP contribution is 2.43. The summed E-state index contributed by atoms with van der Waals surface area (Å²) in [6.45, 7) is 0. The highest BCUT2D eigenvalue weighted by molar-refractivity contribution is 5.21. The summed E-state index contributed by atoms with van der Waals surface area (Å²) in [4.78, 5) is 6.61. The number of piperidine rings is 2. The first kappa shape index (κ1) is 11.2. The van der Waals surface area contributed by atoms with Gasteiger partial charge in [-0.1, -0.05) is 12.5 Å². The Hall–Kier alpha value is -0.930. The normalized spacial score (nSPS) is 38.0. The lowest BCUT2D eigenvalue weighted by Crippen LogP contribution is -2.55. The molecule has 0 amide bonds. The molecule has 3 rings (SSSR count). The lowest BCUT2D eigenvalue weighted by molar-refractivity contribution is -0.0876. The summed E-state index contributed by atoms with van der Waals surface area (Å²) in [5.41, 5.74) is 0.335. The Labute approximate surface area is 102 Å². The Bertz CT molecular complexity index is 378. The fraction of sp³-hybridized carbons (Fsp3) is 0.643. The maximum atomic E-state index is 10.9. The summed E-state index contributed by atoms with van der Waals surface area (Å²) in [6.07, 6.45) is 9.04. The van der Waals surface area contributed by atoms with E-state index in [0.29, 0.717) is 12.1 Å². The Kier molecular flexibility index (Phi) is 2.68. The molecule has 0 spiro atoms. The van der Waals surface area contributed by atoms with Gasteiger partial charge in [0.15, 0.2) is 0 Å². The molecule has 0 unspecified atom stereocenters. The third-order valence-electron chi connectivity index (χ3n) is 4.57. The minimum absolute atomic E-state index is 0.535. The lowest BCUT2D eigenvalue weighted by Gasteiger charge is -2.50. The van der Waals surface area contributed by atoms with Crippen LogP contribution in [0.4, 0.5) is 0 Å². The zero-order valence-electron chi connectivity index (χ0n) is 10.3. The molecule has 1 aromatic rings. The van der Waals surface area contributed by atoms with Crippen LogP contribution in [0.5, 0.6) is 0 Å². The summed E-state index contributed by atoms with van der Waals surface area (Å²) in [7, 11) is 2.21. The molecular formula is C14H20N2O. The van der Waals surface area contributed by atoms with E-state index in [1.165, 1.54) is 19.3 Å². The number of fused-ring (bicyclic) bond motifs is 2. The average molecular weight is 232 g/mol. The highest BCUT2D eigenvalue weighted by Gasteiger charge is 2.44. The third kappa shape index (κ3) is 1.87. The van der Waals surface area contributed by atoms with Crippen molar-refractivity contribution < 1.29 is 5.11 Å². The van der Waals surface area contributed by atoms with Gasteiger partial charge < -0.3 is 10.0 Å². The van der Waals surface area contributed by atoms with E-state index in [1.807, 2.05) is 18.3 Å². The van der Waals surface area contributed by atoms with Gasteiger partial charge in [0, 0.05) is 30.0 Å². The number of pyridine rings is 1. The molecule has 0 aliphatic carbocycles. The predicted octanol–water partition coefficient (Wildman–Crippen LogP) is 1.92. The van der Waals surface area contributed by atoms with Gasteiger partial charge in [-0.15, -0.1) is 0 Å². The average Bonchev–Trinajstić information content (AvgIpc) is 2.33. The van der Waals surface area contributed by atoms with Crippen LogP contribution in [0.25, 0.3) is 0 Å². The molecule has 0 saturated carbocycles. The van der Waals surface area contributed by atoms with E-state index in [2.05, 4.69) is 16.9 Å². The Morgan fingerprint density at radius 1 is 1.35 bits per heavy atom. The van der Waals surface area contributed by atoms with Gasteiger partial charge in [0.1, 0.15) is 0 Å². The van der Waals surface area contributed by atoms with Crippen LogP contribution in [0.1, 0.15) is 37.7 Å². The molecule has 3 nitrogen and oxygen atoms in total. The van der Waals surface area contributed by atoms with Crippen LogP contribution in [-0.4, -0.2) is 34.1 Å². The highest BCUT2D eigenvalue weighted by atomic mass is 16.3. The zero-order chi connectivity index (χ0) is 11.9. The van der Waals surface area contributed by atoms with Gasteiger partial charge in [0.05, 0.1) is 5.60 Å². The number of aromatic nitrogens is 1.